The van der Waals surface area contributed by atoms with Gasteiger partial charge in [0.15, 0.2) is 12.6 Å². The summed E-state index contributed by atoms with van der Waals surface area (Å²) in [6.07, 6.45) is 34.2. The van der Waals surface area contributed by atoms with Crippen molar-refractivity contribution >= 4 is 5.91 Å². The maximum absolute atomic E-state index is 13.2. The van der Waals surface area contributed by atoms with E-state index >= 15 is 0 Å². The summed E-state index contributed by atoms with van der Waals surface area (Å²) in [5.41, 5.74) is 0. The molecule has 1 amide bonds. The highest BCUT2D eigenvalue weighted by Crippen LogP contribution is 2.30. The van der Waals surface area contributed by atoms with Crippen molar-refractivity contribution in [2.75, 3.05) is 19.8 Å². The Morgan fingerprint density at radius 1 is 0.507 bits per heavy atom. The van der Waals surface area contributed by atoms with E-state index in [4.69, 9.17) is 18.9 Å². The lowest BCUT2D eigenvalue weighted by Crippen LogP contribution is -2.65. The molecule has 14 nitrogen and oxygen atoms in total. The Labute approximate surface area is 430 Å². The topological polar surface area (TPSA) is 228 Å². The molecule has 0 aromatic carbocycles. The molecule has 9 N–H and O–H groups in total. The predicted molar refractivity (Wildman–Crippen MR) is 281 cm³/mol. The van der Waals surface area contributed by atoms with Gasteiger partial charge in [-0.1, -0.05) is 204 Å². The molecular formula is C57H105NO13. The average molecular weight is 1010 g/mol. The standard InChI is InChI=1S/C57H105NO13/c1-3-5-7-9-11-13-15-17-19-20-21-22-23-24-25-26-27-29-31-33-35-37-39-41-49(62)58-45(46(61)40-38-36-34-32-30-28-18-16-14-12-10-8-6-4-2)44-68-56-54(67)52(65)55(48(43-60)70-56)71-57-53(66)51(64)50(63)47(42-59)69-57/h15,17,20-21,23-24,45-48,50-57,59-61,63-67H,3-14,16,18-19,22,25-44H2,1-2H3,(H,58,62)/b17-15-,21-20-,24-23-. The summed E-state index contributed by atoms with van der Waals surface area (Å²) in [5, 5.41) is 87.1. The minimum atomic E-state index is -1.78. The maximum Gasteiger partial charge on any atom is 0.220 e. The first-order valence-corrected chi connectivity index (χ1v) is 28.7. The second-order valence-corrected chi connectivity index (χ2v) is 20.4. The van der Waals surface area contributed by atoms with Crippen LogP contribution in [0.5, 0.6) is 0 Å². The zero-order valence-electron chi connectivity index (χ0n) is 44.5. The predicted octanol–water partition coefficient (Wildman–Crippen LogP) is 9.05. The van der Waals surface area contributed by atoms with Gasteiger partial charge < -0.3 is 65.1 Å². The number of rotatable bonds is 45. The van der Waals surface area contributed by atoms with Gasteiger partial charge in [-0.2, -0.15) is 0 Å². The van der Waals surface area contributed by atoms with Crippen LogP contribution in [0.4, 0.5) is 0 Å². The van der Waals surface area contributed by atoms with Crippen molar-refractivity contribution in [2.45, 2.75) is 299 Å². The molecular weight excluding hydrogens is 907 g/mol. The first kappa shape index (κ1) is 65.3. The molecule has 2 aliphatic heterocycles. The molecule has 0 bridgehead atoms. The lowest BCUT2D eigenvalue weighted by Gasteiger charge is -2.46. The monoisotopic (exact) mass is 1010 g/mol. The van der Waals surface area contributed by atoms with Crippen molar-refractivity contribution in [1.29, 1.82) is 0 Å². The Balaban J connectivity index is 1.76. The number of unbranched alkanes of at least 4 members (excludes halogenated alkanes) is 26. The average Bonchev–Trinajstić information content (AvgIpc) is 3.37. The highest BCUT2D eigenvalue weighted by atomic mass is 16.7. The van der Waals surface area contributed by atoms with Gasteiger partial charge in [-0.15, -0.1) is 0 Å². The Morgan fingerprint density at radius 3 is 1.42 bits per heavy atom. The minimum absolute atomic E-state index is 0.214. The van der Waals surface area contributed by atoms with Crippen molar-refractivity contribution < 1.29 is 64.6 Å². The van der Waals surface area contributed by atoms with Gasteiger partial charge in [0.2, 0.25) is 5.91 Å². The number of allylic oxidation sites excluding steroid dienone is 6. The molecule has 0 aromatic rings. The van der Waals surface area contributed by atoms with Crippen LogP contribution >= 0.6 is 0 Å². The van der Waals surface area contributed by atoms with Crippen molar-refractivity contribution in [2.24, 2.45) is 0 Å². The molecule has 2 saturated heterocycles. The van der Waals surface area contributed by atoms with E-state index in [2.05, 4.69) is 55.6 Å². The summed E-state index contributed by atoms with van der Waals surface area (Å²) in [6, 6.07) is -0.832. The van der Waals surface area contributed by atoms with Gasteiger partial charge in [0.25, 0.3) is 0 Å². The summed E-state index contributed by atoms with van der Waals surface area (Å²) in [6.45, 7) is 2.84. The van der Waals surface area contributed by atoms with Gasteiger partial charge in [-0.3, -0.25) is 4.79 Å². The van der Waals surface area contributed by atoms with Gasteiger partial charge in [-0.05, 0) is 51.4 Å². The Kier molecular flexibility index (Phi) is 40.0. The largest absolute Gasteiger partial charge is 0.394 e. The minimum Gasteiger partial charge on any atom is -0.394 e. The van der Waals surface area contributed by atoms with Crippen LogP contribution in [0.3, 0.4) is 0 Å². The molecule has 14 heteroatoms. The SMILES string of the molecule is CCCCCCC/C=C\C/C=C\C/C=C\CCCCCCCCCCC(=O)NC(COC1OC(CO)C(OC2OC(CO)C(O)C(O)C2O)C(O)C1O)C(O)CCCCCCCCCCCCCCCC. The van der Waals surface area contributed by atoms with Crippen LogP contribution in [0.25, 0.3) is 0 Å². The normalized spacial score (nSPS) is 26.0. The highest BCUT2D eigenvalue weighted by molar-refractivity contribution is 5.76. The van der Waals surface area contributed by atoms with Crippen LogP contribution in [0.1, 0.15) is 226 Å². The smallest absolute Gasteiger partial charge is 0.220 e. The Bertz CT molecular complexity index is 1330. The third-order valence-corrected chi connectivity index (χ3v) is 14.1. The van der Waals surface area contributed by atoms with E-state index in [-0.39, 0.29) is 12.5 Å². The molecule has 12 unspecified atom stereocenters. The summed E-state index contributed by atoms with van der Waals surface area (Å²) in [5.74, 6) is -0.214. The summed E-state index contributed by atoms with van der Waals surface area (Å²) >= 11 is 0. The van der Waals surface area contributed by atoms with E-state index in [1.807, 2.05) is 0 Å². The number of nitrogens with one attached hydrogen (secondary N) is 1. The zero-order chi connectivity index (χ0) is 51.7. The van der Waals surface area contributed by atoms with Gasteiger partial charge in [-0.25, -0.2) is 0 Å². The van der Waals surface area contributed by atoms with Crippen molar-refractivity contribution in [3.05, 3.63) is 36.5 Å². The Hall–Kier alpha value is -1.79. The zero-order valence-corrected chi connectivity index (χ0v) is 44.5. The molecule has 71 heavy (non-hydrogen) atoms. The molecule has 2 fully saturated rings. The van der Waals surface area contributed by atoms with Crippen molar-refractivity contribution in [1.82, 2.24) is 5.32 Å². The molecule has 0 aliphatic carbocycles. The van der Waals surface area contributed by atoms with E-state index in [0.717, 1.165) is 64.2 Å². The van der Waals surface area contributed by atoms with E-state index in [9.17, 15) is 45.6 Å². The van der Waals surface area contributed by atoms with E-state index in [0.29, 0.717) is 19.3 Å². The highest BCUT2D eigenvalue weighted by Gasteiger charge is 2.51. The molecule has 12 atom stereocenters. The summed E-state index contributed by atoms with van der Waals surface area (Å²) in [4.78, 5) is 13.2. The lowest BCUT2D eigenvalue weighted by atomic mass is 9.97. The second kappa shape index (κ2) is 43.4. The number of hydrogen-bond donors (Lipinski definition) is 9. The number of carbonyl (C=O) groups is 1. The molecule has 2 aliphatic rings. The fraction of sp³-hybridized carbons (Fsp3) is 0.877. The Morgan fingerprint density at radius 2 is 0.930 bits per heavy atom. The first-order valence-electron chi connectivity index (χ1n) is 28.7. The number of hydrogen-bond acceptors (Lipinski definition) is 13. The van der Waals surface area contributed by atoms with Crippen LogP contribution in [-0.2, 0) is 23.7 Å². The van der Waals surface area contributed by atoms with Gasteiger partial charge in [0.05, 0.1) is 32.0 Å². The van der Waals surface area contributed by atoms with Crippen LogP contribution in [-0.4, -0.2) is 140 Å². The molecule has 2 heterocycles. The third-order valence-electron chi connectivity index (χ3n) is 14.1. The fourth-order valence-electron chi connectivity index (χ4n) is 9.42. The maximum atomic E-state index is 13.2. The van der Waals surface area contributed by atoms with Crippen LogP contribution in [0.15, 0.2) is 36.5 Å². The second-order valence-electron chi connectivity index (χ2n) is 20.4. The number of aliphatic hydroxyl groups is 8. The van der Waals surface area contributed by atoms with Gasteiger partial charge >= 0.3 is 0 Å². The number of ether oxygens (including phenoxy) is 4. The summed E-state index contributed by atoms with van der Waals surface area (Å²) in [7, 11) is 0. The van der Waals surface area contributed by atoms with E-state index < -0.39 is 86.8 Å². The summed E-state index contributed by atoms with van der Waals surface area (Å²) < 4.78 is 22.8. The van der Waals surface area contributed by atoms with Gasteiger partial charge in [0.1, 0.15) is 48.8 Å². The number of amides is 1. The molecule has 416 valence electrons. The number of carbonyl (C=O) groups excluding carboxylic acids is 1. The number of aliphatic hydroxyl groups excluding tert-OH is 8. The van der Waals surface area contributed by atoms with E-state index in [1.165, 1.54) is 128 Å². The lowest BCUT2D eigenvalue weighted by molar-refractivity contribution is -0.359. The van der Waals surface area contributed by atoms with Crippen molar-refractivity contribution in [3.8, 4) is 0 Å². The first-order chi connectivity index (χ1) is 34.6. The molecule has 0 saturated carbocycles. The molecule has 0 radical (unpaired) electrons. The molecule has 0 aromatic heterocycles. The quantitative estimate of drug-likeness (QED) is 0.0205. The van der Waals surface area contributed by atoms with Gasteiger partial charge in [0, 0.05) is 6.42 Å². The van der Waals surface area contributed by atoms with E-state index in [1.54, 1.807) is 0 Å². The van der Waals surface area contributed by atoms with Crippen LogP contribution in [0, 0.1) is 0 Å². The molecule has 0 spiro atoms. The molecule has 2 rings (SSSR count). The third kappa shape index (κ3) is 29.8. The fourth-order valence-corrected chi connectivity index (χ4v) is 9.42. The van der Waals surface area contributed by atoms with Crippen LogP contribution < -0.4 is 5.32 Å². The van der Waals surface area contributed by atoms with Crippen LogP contribution in [0.2, 0.25) is 0 Å². The van der Waals surface area contributed by atoms with Crippen molar-refractivity contribution in [3.63, 3.8) is 0 Å².